The summed E-state index contributed by atoms with van der Waals surface area (Å²) in [5.41, 5.74) is 0. The Kier molecular flexibility index (Phi) is 5.70. The number of alkyl halides is 2. The van der Waals surface area contributed by atoms with Crippen molar-refractivity contribution in [3.8, 4) is 0 Å². The smallest absolute Gasteiger partial charge is 0.319 e. The molecule has 1 aliphatic rings. The van der Waals surface area contributed by atoms with Crippen molar-refractivity contribution in [1.82, 2.24) is 19.8 Å². The van der Waals surface area contributed by atoms with Crippen LogP contribution in [0.3, 0.4) is 0 Å². The Bertz CT molecular complexity index is 495. The van der Waals surface area contributed by atoms with Crippen LogP contribution in [0.15, 0.2) is 12.4 Å². The number of urea groups is 1. The summed E-state index contributed by atoms with van der Waals surface area (Å²) in [5, 5.41) is 2.76. The molecule has 1 N–H and O–H groups in total. The van der Waals surface area contributed by atoms with Gasteiger partial charge in [0.1, 0.15) is 5.82 Å². The molecule has 0 saturated carbocycles. The molecule has 8 heteroatoms. The number of halogens is 2. The third-order valence-corrected chi connectivity index (χ3v) is 3.65. The van der Waals surface area contributed by atoms with Gasteiger partial charge in [-0.25, -0.2) is 9.78 Å². The van der Waals surface area contributed by atoms with Gasteiger partial charge in [0.05, 0.1) is 12.2 Å². The van der Waals surface area contributed by atoms with Crippen LogP contribution in [0.5, 0.6) is 0 Å². The van der Waals surface area contributed by atoms with Gasteiger partial charge in [-0.1, -0.05) is 6.92 Å². The van der Waals surface area contributed by atoms with Crippen molar-refractivity contribution in [2.45, 2.75) is 45.4 Å². The summed E-state index contributed by atoms with van der Waals surface area (Å²) in [6.45, 7) is 2.70. The average molecular weight is 316 g/mol. The van der Waals surface area contributed by atoms with Crippen LogP contribution < -0.4 is 5.32 Å². The fourth-order valence-corrected chi connectivity index (χ4v) is 2.54. The summed E-state index contributed by atoms with van der Waals surface area (Å²) in [6.07, 6.45) is 3.73. The standard InChI is InChI=1S/C14H22F2N4O2/c1-3-11-9-19(8-10(2)22-11)14(21)18-5-4-12-17-6-7-20(12)13(15)16/h6-7,10-11,13H,3-5,8-9H2,1-2H3,(H,18,21)/t10-,11-/m0/s1. The number of imidazole rings is 1. The number of hydrogen-bond donors (Lipinski definition) is 1. The monoisotopic (exact) mass is 316 g/mol. The van der Waals surface area contributed by atoms with E-state index in [2.05, 4.69) is 10.3 Å². The molecule has 2 amide bonds. The van der Waals surface area contributed by atoms with Crippen molar-refractivity contribution in [2.75, 3.05) is 19.6 Å². The zero-order valence-electron chi connectivity index (χ0n) is 12.8. The van der Waals surface area contributed by atoms with Gasteiger partial charge in [0.25, 0.3) is 0 Å². The molecule has 0 unspecified atom stereocenters. The highest BCUT2D eigenvalue weighted by atomic mass is 19.3. The molecule has 1 saturated heterocycles. The van der Waals surface area contributed by atoms with Crippen LogP contribution in [-0.2, 0) is 11.2 Å². The van der Waals surface area contributed by atoms with Gasteiger partial charge in [-0.2, -0.15) is 8.78 Å². The number of aromatic nitrogens is 2. The Labute approximate surface area is 128 Å². The number of ether oxygens (including phenoxy) is 1. The maximum absolute atomic E-state index is 12.7. The number of amides is 2. The number of carbonyl (C=O) groups is 1. The second-order valence-corrected chi connectivity index (χ2v) is 5.39. The summed E-state index contributed by atoms with van der Waals surface area (Å²) in [6, 6.07) is -0.191. The van der Waals surface area contributed by atoms with Crippen LogP contribution in [0.25, 0.3) is 0 Å². The maximum atomic E-state index is 12.7. The van der Waals surface area contributed by atoms with Crippen molar-refractivity contribution < 1.29 is 18.3 Å². The predicted octanol–water partition coefficient (Wildman–Crippen LogP) is 2.03. The molecule has 2 atom stereocenters. The van der Waals surface area contributed by atoms with E-state index in [0.717, 1.165) is 11.0 Å². The van der Waals surface area contributed by atoms with Crippen LogP contribution >= 0.6 is 0 Å². The number of nitrogens with zero attached hydrogens (tertiary/aromatic N) is 3. The lowest BCUT2D eigenvalue weighted by Crippen LogP contribution is -2.52. The van der Waals surface area contributed by atoms with Crippen LogP contribution in [0.1, 0.15) is 32.6 Å². The second-order valence-electron chi connectivity index (χ2n) is 5.39. The van der Waals surface area contributed by atoms with Gasteiger partial charge >= 0.3 is 12.6 Å². The molecule has 124 valence electrons. The highest BCUT2D eigenvalue weighted by Crippen LogP contribution is 2.14. The summed E-state index contributed by atoms with van der Waals surface area (Å²) >= 11 is 0. The number of morpholine rings is 1. The van der Waals surface area contributed by atoms with Crippen molar-refractivity contribution in [3.63, 3.8) is 0 Å². The highest BCUT2D eigenvalue weighted by Gasteiger charge is 2.27. The van der Waals surface area contributed by atoms with Gasteiger partial charge < -0.3 is 15.0 Å². The molecule has 22 heavy (non-hydrogen) atoms. The topological polar surface area (TPSA) is 59.4 Å². The van der Waals surface area contributed by atoms with E-state index in [0.29, 0.717) is 13.1 Å². The second kappa shape index (κ2) is 7.53. The Morgan fingerprint density at radius 2 is 2.32 bits per heavy atom. The molecule has 0 aromatic carbocycles. The minimum absolute atomic E-state index is 0.00202. The molecule has 1 aromatic heterocycles. The average Bonchev–Trinajstić information content (AvgIpc) is 2.95. The van der Waals surface area contributed by atoms with E-state index in [1.54, 1.807) is 4.90 Å². The van der Waals surface area contributed by atoms with E-state index in [1.165, 1.54) is 12.4 Å². The number of nitrogens with one attached hydrogen (secondary N) is 1. The molecule has 0 spiro atoms. The summed E-state index contributed by atoms with van der Waals surface area (Å²) < 4.78 is 31.9. The minimum atomic E-state index is -2.61. The van der Waals surface area contributed by atoms with Gasteiger partial charge in [-0.3, -0.25) is 4.57 Å². The molecule has 2 heterocycles. The first-order chi connectivity index (χ1) is 10.5. The van der Waals surface area contributed by atoms with Gasteiger partial charge in [0.15, 0.2) is 0 Å². The van der Waals surface area contributed by atoms with Crippen LogP contribution in [-0.4, -0.2) is 52.3 Å². The lowest BCUT2D eigenvalue weighted by atomic mass is 10.2. The molecular formula is C14H22F2N4O2. The van der Waals surface area contributed by atoms with Crippen molar-refractivity contribution in [1.29, 1.82) is 0 Å². The first-order valence-corrected chi connectivity index (χ1v) is 7.49. The molecule has 1 aliphatic heterocycles. The summed E-state index contributed by atoms with van der Waals surface area (Å²) in [4.78, 5) is 17.7. The predicted molar refractivity (Wildman–Crippen MR) is 76.8 cm³/mol. The van der Waals surface area contributed by atoms with Crippen LogP contribution in [0.4, 0.5) is 13.6 Å². The molecule has 2 rings (SSSR count). The third kappa shape index (κ3) is 4.16. The van der Waals surface area contributed by atoms with E-state index in [9.17, 15) is 13.6 Å². The molecule has 1 aromatic rings. The molecule has 6 nitrogen and oxygen atoms in total. The minimum Gasteiger partial charge on any atom is -0.372 e. The summed E-state index contributed by atoms with van der Waals surface area (Å²) in [7, 11) is 0. The van der Waals surface area contributed by atoms with Gasteiger partial charge in [0, 0.05) is 38.4 Å². The maximum Gasteiger partial charge on any atom is 0.319 e. The van der Waals surface area contributed by atoms with Crippen molar-refractivity contribution >= 4 is 6.03 Å². The van der Waals surface area contributed by atoms with E-state index in [1.807, 2.05) is 13.8 Å². The van der Waals surface area contributed by atoms with Gasteiger partial charge in [-0.05, 0) is 13.3 Å². The number of rotatable bonds is 5. The molecule has 0 aliphatic carbocycles. The Morgan fingerprint density at radius 1 is 1.55 bits per heavy atom. The fourth-order valence-electron chi connectivity index (χ4n) is 2.54. The highest BCUT2D eigenvalue weighted by molar-refractivity contribution is 5.74. The largest absolute Gasteiger partial charge is 0.372 e. The zero-order chi connectivity index (χ0) is 16.1. The Morgan fingerprint density at radius 3 is 3.00 bits per heavy atom. The first kappa shape index (κ1) is 16.7. The normalized spacial score (nSPS) is 22.1. The lowest BCUT2D eigenvalue weighted by Gasteiger charge is -2.36. The zero-order valence-corrected chi connectivity index (χ0v) is 12.8. The number of carbonyl (C=O) groups excluding carboxylic acids is 1. The van der Waals surface area contributed by atoms with Gasteiger partial charge in [0.2, 0.25) is 0 Å². The van der Waals surface area contributed by atoms with E-state index in [4.69, 9.17) is 4.74 Å². The summed E-state index contributed by atoms with van der Waals surface area (Å²) in [5.74, 6) is 0.261. The first-order valence-electron chi connectivity index (χ1n) is 7.49. The Balaban J connectivity index is 1.81. The SMILES string of the molecule is CC[C@H]1CN(C(=O)NCCc2nccn2C(F)F)C[C@H](C)O1. The number of hydrogen-bond acceptors (Lipinski definition) is 3. The van der Waals surface area contributed by atoms with E-state index in [-0.39, 0.29) is 37.0 Å². The van der Waals surface area contributed by atoms with E-state index < -0.39 is 6.55 Å². The Hall–Kier alpha value is -1.70. The molecule has 0 bridgehead atoms. The quantitative estimate of drug-likeness (QED) is 0.904. The van der Waals surface area contributed by atoms with Crippen LogP contribution in [0, 0.1) is 0 Å². The van der Waals surface area contributed by atoms with Crippen molar-refractivity contribution in [2.24, 2.45) is 0 Å². The van der Waals surface area contributed by atoms with E-state index >= 15 is 0 Å². The van der Waals surface area contributed by atoms with Crippen molar-refractivity contribution in [3.05, 3.63) is 18.2 Å². The molecular weight excluding hydrogens is 294 g/mol. The fraction of sp³-hybridized carbons (Fsp3) is 0.714. The third-order valence-electron chi connectivity index (χ3n) is 3.65. The van der Waals surface area contributed by atoms with Gasteiger partial charge in [-0.15, -0.1) is 0 Å². The van der Waals surface area contributed by atoms with Crippen LogP contribution in [0.2, 0.25) is 0 Å². The molecule has 0 radical (unpaired) electrons. The lowest BCUT2D eigenvalue weighted by molar-refractivity contribution is -0.0645. The molecule has 1 fully saturated rings.